The second kappa shape index (κ2) is 5.59. The van der Waals surface area contributed by atoms with Gasteiger partial charge in [0, 0.05) is 22.9 Å². The number of halogens is 1. The van der Waals surface area contributed by atoms with Gasteiger partial charge in [0.15, 0.2) is 0 Å². The fourth-order valence-electron chi connectivity index (χ4n) is 2.96. The molecule has 3 heterocycles. The van der Waals surface area contributed by atoms with E-state index in [2.05, 4.69) is 10.4 Å². The van der Waals surface area contributed by atoms with Crippen molar-refractivity contribution in [3.8, 4) is 0 Å². The van der Waals surface area contributed by atoms with Gasteiger partial charge in [-0.05, 0) is 29.8 Å². The maximum atomic E-state index is 12.1. The van der Waals surface area contributed by atoms with Crippen molar-refractivity contribution >= 4 is 23.3 Å². The molecule has 4 rings (SSSR count). The molecule has 6 heteroatoms. The number of fused-ring (bicyclic) bond motifs is 1. The molecule has 2 aromatic heterocycles. The number of rotatable bonds is 3. The zero-order valence-electron chi connectivity index (χ0n) is 12.2. The van der Waals surface area contributed by atoms with Crippen LogP contribution < -0.4 is 5.32 Å². The van der Waals surface area contributed by atoms with Gasteiger partial charge >= 0.3 is 0 Å². The highest BCUT2D eigenvalue weighted by Crippen LogP contribution is 2.37. The van der Waals surface area contributed by atoms with E-state index in [-0.39, 0.29) is 11.8 Å². The highest BCUT2D eigenvalue weighted by Gasteiger charge is 2.30. The Bertz CT molecular complexity index is 855. The predicted octanol–water partition coefficient (Wildman–Crippen LogP) is 3.65. The third kappa shape index (κ3) is 2.64. The molecule has 0 saturated heterocycles. The first kappa shape index (κ1) is 14.1. The van der Waals surface area contributed by atoms with Gasteiger partial charge in [-0.3, -0.25) is 4.79 Å². The Labute approximate surface area is 137 Å². The Balaban J connectivity index is 1.73. The van der Waals surface area contributed by atoms with Crippen molar-refractivity contribution in [2.75, 3.05) is 5.32 Å². The molecule has 1 aliphatic rings. The lowest BCUT2D eigenvalue weighted by atomic mass is 9.87. The number of nitrogens with zero attached hydrogens (tertiary/aromatic N) is 2. The highest BCUT2D eigenvalue weighted by molar-refractivity contribution is 6.30. The summed E-state index contributed by atoms with van der Waals surface area (Å²) in [4.78, 5) is 12.1. The molecule has 1 aromatic carbocycles. The Kier molecular flexibility index (Phi) is 3.42. The summed E-state index contributed by atoms with van der Waals surface area (Å²) in [7, 11) is 0. The molecule has 0 aliphatic carbocycles. The molecular formula is C17H14ClN3O2. The molecule has 1 atom stereocenters. The van der Waals surface area contributed by atoms with E-state index in [1.54, 1.807) is 10.9 Å². The lowest BCUT2D eigenvalue weighted by Gasteiger charge is -2.23. The molecule has 0 saturated carbocycles. The van der Waals surface area contributed by atoms with Crippen LogP contribution in [0.15, 0.2) is 53.3 Å². The van der Waals surface area contributed by atoms with Crippen LogP contribution in [-0.2, 0) is 11.3 Å². The van der Waals surface area contributed by atoms with Crippen molar-refractivity contribution < 1.29 is 9.21 Å². The summed E-state index contributed by atoms with van der Waals surface area (Å²) in [5.74, 6) is 1.45. The molecule has 3 aromatic rings. The number of nitrogens with one attached hydrogen (secondary N) is 1. The van der Waals surface area contributed by atoms with Crippen LogP contribution in [0.2, 0.25) is 5.02 Å². The topological polar surface area (TPSA) is 60.1 Å². The molecule has 23 heavy (non-hydrogen) atoms. The first-order chi connectivity index (χ1) is 11.2. The van der Waals surface area contributed by atoms with E-state index in [0.717, 1.165) is 22.7 Å². The van der Waals surface area contributed by atoms with Gasteiger partial charge in [0.05, 0.1) is 12.5 Å². The third-order valence-corrected chi connectivity index (χ3v) is 4.26. The molecule has 0 unspecified atom stereocenters. The van der Waals surface area contributed by atoms with Crippen LogP contribution in [-0.4, -0.2) is 15.7 Å². The summed E-state index contributed by atoms with van der Waals surface area (Å²) in [5.41, 5.74) is 2.02. The zero-order chi connectivity index (χ0) is 15.8. The Morgan fingerprint density at radius 3 is 3.04 bits per heavy atom. The van der Waals surface area contributed by atoms with Crippen molar-refractivity contribution in [3.05, 3.63) is 70.8 Å². The second-order valence-electron chi connectivity index (χ2n) is 5.55. The fraction of sp³-hybridized carbons (Fsp3) is 0.176. The number of aromatic nitrogens is 2. The molecular weight excluding hydrogens is 314 g/mol. The largest absolute Gasteiger partial charge is 0.467 e. The van der Waals surface area contributed by atoms with Crippen LogP contribution in [0, 0.1) is 0 Å². The SMILES string of the molecule is O=C1C[C@H](c2cccc(Cl)c2)c2cnn(Cc3ccco3)c2N1. The minimum Gasteiger partial charge on any atom is -0.467 e. The number of furan rings is 1. The van der Waals surface area contributed by atoms with Gasteiger partial charge in [-0.1, -0.05) is 23.7 Å². The molecule has 1 aliphatic heterocycles. The molecule has 0 fully saturated rings. The highest BCUT2D eigenvalue weighted by atomic mass is 35.5. The molecule has 1 N–H and O–H groups in total. The van der Waals surface area contributed by atoms with Gasteiger partial charge in [0.25, 0.3) is 0 Å². The van der Waals surface area contributed by atoms with Gasteiger partial charge < -0.3 is 9.73 Å². The summed E-state index contributed by atoms with van der Waals surface area (Å²) < 4.78 is 7.11. The minimum absolute atomic E-state index is 0.0244. The lowest BCUT2D eigenvalue weighted by molar-refractivity contribution is -0.116. The Morgan fingerprint density at radius 1 is 1.35 bits per heavy atom. The van der Waals surface area contributed by atoms with E-state index in [0.29, 0.717) is 18.0 Å². The average molecular weight is 328 g/mol. The van der Waals surface area contributed by atoms with Crippen molar-refractivity contribution in [1.29, 1.82) is 0 Å². The van der Waals surface area contributed by atoms with Crippen LogP contribution in [0.3, 0.4) is 0 Å². The fourth-order valence-corrected chi connectivity index (χ4v) is 3.16. The quantitative estimate of drug-likeness (QED) is 0.798. The van der Waals surface area contributed by atoms with Crippen molar-refractivity contribution in [2.45, 2.75) is 18.9 Å². The molecule has 0 bridgehead atoms. The normalized spacial score (nSPS) is 16.9. The van der Waals surface area contributed by atoms with Gasteiger partial charge in [-0.25, -0.2) is 4.68 Å². The van der Waals surface area contributed by atoms with Gasteiger partial charge in [0.1, 0.15) is 18.1 Å². The van der Waals surface area contributed by atoms with E-state index < -0.39 is 0 Å². The number of anilines is 1. The van der Waals surface area contributed by atoms with Crippen LogP contribution in [0.4, 0.5) is 5.82 Å². The third-order valence-electron chi connectivity index (χ3n) is 4.03. The summed E-state index contributed by atoms with van der Waals surface area (Å²) >= 11 is 6.09. The van der Waals surface area contributed by atoms with E-state index >= 15 is 0 Å². The molecule has 5 nitrogen and oxygen atoms in total. The van der Waals surface area contributed by atoms with Crippen LogP contribution >= 0.6 is 11.6 Å². The van der Waals surface area contributed by atoms with E-state index in [1.165, 1.54) is 0 Å². The summed E-state index contributed by atoms with van der Waals surface area (Å²) in [6, 6.07) is 11.3. The second-order valence-corrected chi connectivity index (χ2v) is 5.98. The van der Waals surface area contributed by atoms with E-state index in [4.69, 9.17) is 16.0 Å². The standard InChI is InChI=1S/C17H14ClN3O2/c18-12-4-1-3-11(7-12)14-8-16(22)20-17-15(14)9-19-21(17)10-13-5-2-6-23-13/h1-7,9,14H,8,10H2,(H,20,22)/t14-/m1/s1. The Morgan fingerprint density at radius 2 is 2.26 bits per heavy atom. The number of hydrogen-bond donors (Lipinski definition) is 1. The predicted molar refractivity (Wildman–Crippen MR) is 86.6 cm³/mol. The first-order valence-corrected chi connectivity index (χ1v) is 7.72. The summed E-state index contributed by atoms with van der Waals surface area (Å²) in [6.07, 6.45) is 3.82. The number of carbonyl (C=O) groups excluding carboxylic acids is 1. The number of hydrogen-bond acceptors (Lipinski definition) is 3. The smallest absolute Gasteiger partial charge is 0.226 e. The van der Waals surface area contributed by atoms with Crippen LogP contribution in [0.1, 0.15) is 29.2 Å². The maximum Gasteiger partial charge on any atom is 0.226 e. The summed E-state index contributed by atoms with van der Waals surface area (Å²) in [6.45, 7) is 0.477. The average Bonchev–Trinajstić information content (AvgIpc) is 3.18. The number of carbonyl (C=O) groups is 1. The molecule has 1 amide bonds. The molecule has 0 radical (unpaired) electrons. The number of benzene rings is 1. The lowest BCUT2D eigenvalue weighted by Crippen LogP contribution is -2.25. The van der Waals surface area contributed by atoms with Gasteiger partial charge in [-0.15, -0.1) is 0 Å². The van der Waals surface area contributed by atoms with Crippen molar-refractivity contribution in [1.82, 2.24) is 9.78 Å². The summed E-state index contributed by atoms with van der Waals surface area (Å²) in [5, 5.41) is 8.00. The van der Waals surface area contributed by atoms with Crippen molar-refractivity contribution in [3.63, 3.8) is 0 Å². The van der Waals surface area contributed by atoms with E-state index in [9.17, 15) is 4.79 Å². The van der Waals surface area contributed by atoms with Gasteiger partial charge in [0.2, 0.25) is 5.91 Å². The zero-order valence-corrected chi connectivity index (χ0v) is 13.0. The molecule has 0 spiro atoms. The van der Waals surface area contributed by atoms with Crippen LogP contribution in [0.25, 0.3) is 0 Å². The van der Waals surface area contributed by atoms with Crippen LogP contribution in [0.5, 0.6) is 0 Å². The number of amides is 1. The maximum absolute atomic E-state index is 12.1. The first-order valence-electron chi connectivity index (χ1n) is 7.34. The minimum atomic E-state index is -0.0391. The van der Waals surface area contributed by atoms with E-state index in [1.807, 2.05) is 42.6 Å². The monoisotopic (exact) mass is 327 g/mol. The van der Waals surface area contributed by atoms with Crippen molar-refractivity contribution in [2.24, 2.45) is 0 Å². The molecule has 116 valence electrons. The Hall–Kier alpha value is -2.53. The van der Waals surface area contributed by atoms with Gasteiger partial charge in [-0.2, -0.15) is 5.10 Å².